The average Bonchev–Trinajstić information content (AvgIpc) is 2.37. The Bertz CT molecular complexity index is 392. The van der Waals surface area contributed by atoms with E-state index in [2.05, 4.69) is 5.32 Å². The van der Waals surface area contributed by atoms with Gasteiger partial charge in [0.2, 0.25) is 0 Å². The summed E-state index contributed by atoms with van der Waals surface area (Å²) in [5, 5.41) is 11.6. The van der Waals surface area contributed by atoms with Crippen LogP contribution in [0.5, 0.6) is 0 Å². The zero-order valence-electron chi connectivity index (χ0n) is 10.4. The smallest absolute Gasteiger partial charge is 0.323 e. The Kier molecular flexibility index (Phi) is 5.70. The maximum absolute atomic E-state index is 11.9. The van der Waals surface area contributed by atoms with Crippen LogP contribution in [0.25, 0.3) is 0 Å². The lowest BCUT2D eigenvalue weighted by Crippen LogP contribution is -2.43. The second-order valence-corrected chi connectivity index (χ2v) is 3.90. The minimum Gasteiger partial charge on any atom is -0.480 e. The van der Waals surface area contributed by atoms with Gasteiger partial charge in [-0.1, -0.05) is 31.5 Å². The van der Waals surface area contributed by atoms with E-state index in [4.69, 9.17) is 5.11 Å². The monoisotopic (exact) mass is 250 g/mol. The topological polar surface area (TPSA) is 69.6 Å². The predicted molar refractivity (Wildman–Crippen MR) is 69.7 cm³/mol. The van der Waals surface area contributed by atoms with Crippen LogP contribution >= 0.6 is 0 Å². The molecule has 0 spiro atoms. The van der Waals surface area contributed by atoms with Gasteiger partial charge in [-0.05, 0) is 18.6 Å². The molecule has 0 radical (unpaired) electrons. The van der Waals surface area contributed by atoms with Crippen LogP contribution < -0.4 is 10.2 Å². The summed E-state index contributed by atoms with van der Waals surface area (Å²) in [5.41, 5.74) is 0.578. The minimum atomic E-state index is -1.04. The van der Waals surface area contributed by atoms with Gasteiger partial charge >= 0.3 is 12.0 Å². The number of aliphatic carboxylic acids is 1. The van der Waals surface area contributed by atoms with E-state index >= 15 is 0 Å². The largest absolute Gasteiger partial charge is 0.480 e. The van der Waals surface area contributed by atoms with Crippen LogP contribution in [0.15, 0.2) is 30.3 Å². The van der Waals surface area contributed by atoms with Gasteiger partial charge < -0.3 is 10.4 Å². The van der Waals surface area contributed by atoms with Gasteiger partial charge in [0.25, 0.3) is 0 Å². The molecule has 5 heteroatoms. The SMILES string of the molecule is CCCCNC(=O)N(CC(=O)O)c1ccccc1. The fourth-order valence-electron chi connectivity index (χ4n) is 1.49. The van der Waals surface area contributed by atoms with Crippen molar-refractivity contribution in [3.05, 3.63) is 30.3 Å². The number of urea groups is 1. The number of carbonyl (C=O) groups excluding carboxylic acids is 1. The normalized spacial score (nSPS) is 9.83. The van der Waals surface area contributed by atoms with Crippen molar-refractivity contribution in [2.45, 2.75) is 19.8 Å². The molecule has 0 saturated heterocycles. The molecule has 0 heterocycles. The highest BCUT2D eigenvalue weighted by Crippen LogP contribution is 2.12. The maximum Gasteiger partial charge on any atom is 0.323 e. The van der Waals surface area contributed by atoms with E-state index in [1.165, 1.54) is 4.90 Å². The molecule has 0 aromatic heterocycles. The highest BCUT2D eigenvalue weighted by Gasteiger charge is 2.17. The van der Waals surface area contributed by atoms with Gasteiger partial charge in [-0.15, -0.1) is 0 Å². The Morgan fingerprint density at radius 3 is 2.50 bits per heavy atom. The van der Waals surface area contributed by atoms with Gasteiger partial charge in [-0.3, -0.25) is 9.69 Å². The van der Waals surface area contributed by atoms with Crippen LogP contribution in [0.3, 0.4) is 0 Å². The average molecular weight is 250 g/mol. The van der Waals surface area contributed by atoms with Crippen LogP contribution in [0.2, 0.25) is 0 Å². The highest BCUT2D eigenvalue weighted by atomic mass is 16.4. The third-order valence-electron chi connectivity index (χ3n) is 2.41. The van der Waals surface area contributed by atoms with E-state index in [9.17, 15) is 9.59 Å². The van der Waals surface area contributed by atoms with Gasteiger partial charge in [0.05, 0.1) is 0 Å². The molecular weight excluding hydrogens is 232 g/mol. The molecule has 1 aromatic carbocycles. The number of hydrogen-bond donors (Lipinski definition) is 2. The Morgan fingerprint density at radius 2 is 1.94 bits per heavy atom. The van der Waals surface area contributed by atoms with Gasteiger partial charge in [0.15, 0.2) is 0 Å². The van der Waals surface area contributed by atoms with Gasteiger partial charge in [-0.25, -0.2) is 4.79 Å². The Morgan fingerprint density at radius 1 is 1.28 bits per heavy atom. The second-order valence-electron chi connectivity index (χ2n) is 3.90. The van der Waals surface area contributed by atoms with Crippen LogP contribution in [-0.2, 0) is 4.79 Å². The summed E-state index contributed by atoms with van der Waals surface area (Å²) in [6, 6.07) is 8.40. The number of benzene rings is 1. The molecule has 0 saturated carbocycles. The Hall–Kier alpha value is -2.04. The summed E-state index contributed by atoms with van der Waals surface area (Å²) in [4.78, 5) is 23.9. The van der Waals surface area contributed by atoms with E-state index < -0.39 is 5.97 Å². The number of amides is 2. The number of carboxylic acids is 1. The number of anilines is 1. The summed E-state index contributed by atoms with van der Waals surface area (Å²) >= 11 is 0. The molecule has 0 bridgehead atoms. The van der Waals surface area contributed by atoms with Crippen LogP contribution in [-0.4, -0.2) is 30.2 Å². The molecule has 5 nitrogen and oxygen atoms in total. The molecule has 98 valence electrons. The van der Waals surface area contributed by atoms with Gasteiger partial charge in [0, 0.05) is 12.2 Å². The number of unbranched alkanes of at least 4 members (excludes halogenated alkanes) is 1. The van der Waals surface area contributed by atoms with E-state index in [1.54, 1.807) is 24.3 Å². The summed E-state index contributed by atoms with van der Waals surface area (Å²) in [6.45, 7) is 2.23. The Balaban J connectivity index is 2.72. The molecule has 2 N–H and O–H groups in total. The van der Waals surface area contributed by atoms with Crippen molar-refractivity contribution < 1.29 is 14.7 Å². The number of carboxylic acid groups (broad SMARTS) is 1. The maximum atomic E-state index is 11.9. The molecule has 1 rings (SSSR count). The second kappa shape index (κ2) is 7.32. The van der Waals surface area contributed by atoms with Crippen LogP contribution in [0, 0.1) is 0 Å². The number of rotatable bonds is 6. The van der Waals surface area contributed by atoms with E-state index in [1.807, 2.05) is 13.0 Å². The first kappa shape index (κ1) is 14.0. The summed E-state index contributed by atoms with van der Waals surface area (Å²) < 4.78 is 0. The number of nitrogens with one attached hydrogen (secondary N) is 1. The van der Waals surface area contributed by atoms with Crippen molar-refractivity contribution in [2.75, 3.05) is 18.0 Å². The van der Waals surface area contributed by atoms with Crippen molar-refractivity contribution in [2.24, 2.45) is 0 Å². The fraction of sp³-hybridized carbons (Fsp3) is 0.385. The molecule has 0 aliphatic carbocycles. The van der Waals surface area contributed by atoms with Crippen molar-refractivity contribution in [3.8, 4) is 0 Å². The predicted octanol–water partition coefficient (Wildman–Crippen LogP) is 2.09. The molecule has 0 atom stereocenters. The lowest BCUT2D eigenvalue weighted by atomic mass is 10.3. The minimum absolute atomic E-state index is 0.345. The van der Waals surface area contributed by atoms with E-state index in [-0.39, 0.29) is 12.6 Å². The first-order chi connectivity index (χ1) is 8.65. The van der Waals surface area contributed by atoms with Gasteiger partial charge in [-0.2, -0.15) is 0 Å². The van der Waals surface area contributed by atoms with Crippen molar-refractivity contribution in [1.29, 1.82) is 0 Å². The fourth-order valence-corrected chi connectivity index (χ4v) is 1.49. The summed E-state index contributed by atoms with van der Waals surface area (Å²) in [5.74, 6) is -1.04. The first-order valence-electron chi connectivity index (χ1n) is 5.97. The number of nitrogens with zero attached hydrogens (tertiary/aromatic N) is 1. The quantitative estimate of drug-likeness (QED) is 0.759. The molecule has 0 aliphatic rings. The third kappa shape index (κ3) is 4.45. The van der Waals surface area contributed by atoms with Crippen LogP contribution in [0.1, 0.15) is 19.8 Å². The van der Waals surface area contributed by atoms with Crippen molar-refractivity contribution in [1.82, 2.24) is 5.32 Å². The zero-order valence-corrected chi connectivity index (χ0v) is 10.4. The molecule has 0 aliphatic heterocycles. The van der Waals surface area contributed by atoms with Crippen molar-refractivity contribution >= 4 is 17.7 Å². The summed E-state index contributed by atoms with van der Waals surface area (Å²) in [7, 11) is 0. The van der Waals surface area contributed by atoms with Crippen molar-refractivity contribution in [3.63, 3.8) is 0 Å². The van der Waals surface area contributed by atoms with Crippen LogP contribution in [0.4, 0.5) is 10.5 Å². The molecule has 0 unspecified atom stereocenters. The number of para-hydroxylation sites is 1. The lowest BCUT2D eigenvalue weighted by molar-refractivity contribution is -0.135. The number of hydrogen-bond acceptors (Lipinski definition) is 2. The molecule has 2 amide bonds. The summed E-state index contributed by atoms with van der Waals surface area (Å²) in [6.07, 6.45) is 1.85. The van der Waals surface area contributed by atoms with Gasteiger partial charge in [0.1, 0.15) is 6.54 Å². The standard InChI is InChI=1S/C13H18N2O3/c1-2-3-9-14-13(18)15(10-12(16)17)11-7-5-4-6-8-11/h4-8H,2-3,9-10H2,1H3,(H,14,18)(H,16,17). The molecular formula is C13H18N2O3. The highest BCUT2D eigenvalue weighted by molar-refractivity contribution is 5.96. The first-order valence-corrected chi connectivity index (χ1v) is 5.97. The lowest BCUT2D eigenvalue weighted by Gasteiger charge is -2.21. The van der Waals surface area contributed by atoms with E-state index in [0.717, 1.165) is 12.8 Å². The molecule has 1 aromatic rings. The Labute approximate surface area is 106 Å². The van der Waals surface area contributed by atoms with E-state index in [0.29, 0.717) is 12.2 Å². The zero-order chi connectivity index (χ0) is 13.4. The third-order valence-corrected chi connectivity index (χ3v) is 2.41. The molecule has 18 heavy (non-hydrogen) atoms. The molecule has 0 fully saturated rings. The number of carbonyl (C=O) groups is 2.